The number of hydroxylamine groups is 1. The fourth-order valence-electron chi connectivity index (χ4n) is 4.68. The molecule has 0 radical (unpaired) electrons. The number of sulfonamides is 1. The number of benzene rings is 4. The number of rotatable bonds is 15. The van der Waals surface area contributed by atoms with Gasteiger partial charge in [0.2, 0.25) is 15.9 Å². The smallest absolute Gasteiger partial charge is 0.261 e. The zero-order valence-electron chi connectivity index (χ0n) is 24.2. The first-order valence-electron chi connectivity index (χ1n) is 13.9. The van der Waals surface area contributed by atoms with Gasteiger partial charge in [-0.05, 0) is 53.1 Å². The topological polar surface area (TPSA) is 125 Å². The minimum Gasteiger partial charge on any atom is -0.497 e. The van der Waals surface area contributed by atoms with Crippen molar-refractivity contribution in [3.8, 4) is 5.75 Å². The third-order valence-electron chi connectivity index (χ3n) is 6.94. The van der Waals surface area contributed by atoms with Crippen LogP contribution in [0.15, 0.2) is 120 Å². The first-order chi connectivity index (χ1) is 21.3. The largest absolute Gasteiger partial charge is 0.497 e. The fraction of sp³-hybridized carbons (Fsp3) is 0.212. The molecule has 4 aromatic carbocycles. The number of carbonyl (C=O) groups excluding carboxylic acids is 2. The average molecular weight is 634 g/mol. The van der Waals surface area contributed by atoms with Crippen molar-refractivity contribution in [3.05, 3.63) is 132 Å². The van der Waals surface area contributed by atoms with E-state index in [4.69, 9.17) is 4.74 Å². The number of methoxy groups -OCH3 is 1. The molecule has 0 aliphatic carbocycles. The molecule has 0 bridgehead atoms. The normalized spacial score (nSPS) is 12.1. The molecule has 0 unspecified atom stereocenters. The van der Waals surface area contributed by atoms with Crippen LogP contribution < -0.4 is 15.5 Å². The number of amides is 2. The summed E-state index contributed by atoms with van der Waals surface area (Å²) in [4.78, 5) is 26.6. The Morgan fingerprint density at radius 3 is 1.91 bits per heavy atom. The number of ether oxygens (including phenoxy) is 1. The van der Waals surface area contributed by atoms with E-state index in [0.29, 0.717) is 17.3 Å². The summed E-state index contributed by atoms with van der Waals surface area (Å²) >= 11 is 1.52. The second-order valence-corrected chi connectivity index (χ2v) is 12.9. The van der Waals surface area contributed by atoms with Crippen LogP contribution in [0.4, 0.5) is 0 Å². The molecule has 230 valence electrons. The Morgan fingerprint density at radius 1 is 0.841 bits per heavy atom. The summed E-state index contributed by atoms with van der Waals surface area (Å²) in [6, 6.07) is 32.1. The van der Waals surface area contributed by atoms with Gasteiger partial charge in [0.15, 0.2) is 0 Å². The molecule has 0 fully saturated rings. The van der Waals surface area contributed by atoms with Crippen molar-refractivity contribution in [2.24, 2.45) is 0 Å². The van der Waals surface area contributed by atoms with Crippen molar-refractivity contribution >= 4 is 33.6 Å². The zero-order valence-corrected chi connectivity index (χ0v) is 25.8. The van der Waals surface area contributed by atoms with E-state index in [2.05, 4.69) is 5.32 Å². The lowest BCUT2D eigenvalue weighted by atomic mass is 9.99. The molecule has 0 aromatic heterocycles. The second-order valence-electron chi connectivity index (χ2n) is 9.87. The molecule has 4 rings (SSSR count). The fourth-order valence-corrected chi connectivity index (χ4v) is 7.22. The van der Waals surface area contributed by atoms with Gasteiger partial charge in [0, 0.05) is 5.75 Å². The summed E-state index contributed by atoms with van der Waals surface area (Å²) in [5.74, 6) is -0.0652. The zero-order chi connectivity index (χ0) is 31.4. The highest BCUT2D eigenvalue weighted by Gasteiger charge is 2.37. The predicted molar refractivity (Wildman–Crippen MR) is 171 cm³/mol. The van der Waals surface area contributed by atoms with E-state index in [1.54, 1.807) is 5.48 Å². The van der Waals surface area contributed by atoms with Gasteiger partial charge in [-0.2, -0.15) is 16.1 Å². The molecule has 2 amide bonds. The maximum atomic E-state index is 14.0. The molecule has 0 aliphatic rings. The second kappa shape index (κ2) is 16.1. The number of nitrogens with one attached hydrogen (secondary N) is 2. The molecule has 4 aromatic rings. The number of thioether (sulfide) groups is 1. The number of hydrogen-bond donors (Lipinski definition) is 3. The highest BCUT2D eigenvalue weighted by Crippen LogP contribution is 2.26. The molecule has 9 nitrogen and oxygen atoms in total. The van der Waals surface area contributed by atoms with Crippen molar-refractivity contribution in [2.75, 3.05) is 19.4 Å². The maximum absolute atomic E-state index is 14.0. The third-order valence-corrected chi connectivity index (χ3v) is 9.88. The number of carbonyl (C=O) groups is 2. The molecule has 44 heavy (non-hydrogen) atoms. The quantitative estimate of drug-likeness (QED) is 0.0977. The van der Waals surface area contributed by atoms with Crippen LogP contribution in [0.2, 0.25) is 0 Å². The van der Waals surface area contributed by atoms with Gasteiger partial charge in [-0.25, -0.2) is 13.9 Å². The maximum Gasteiger partial charge on any atom is 0.261 e. The van der Waals surface area contributed by atoms with Gasteiger partial charge in [-0.1, -0.05) is 91.0 Å². The minimum atomic E-state index is -4.39. The van der Waals surface area contributed by atoms with Crippen LogP contribution in [-0.2, 0) is 25.4 Å². The summed E-state index contributed by atoms with van der Waals surface area (Å²) in [5.41, 5.74) is 4.29. The van der Waals surface area contributed by atoms with Crippen molar-refractivity contribution in [3.63, 3.8) is 0 Å². The molecule has 0 heterocycles. The van der Waals surface area contributed by atoms with E-state index in [9.17, 15) is 23.2 Å². The number of nitrogens with zero attached hydrogens (tertiary/aromatic N) is 1. The van der Waals surface area contributed by atoms with Crippen LogP contribution in [0.3, 0.4) is 0 Å². The summed E-state index contributed by atoms with van der Waals surface area (Å²) in [6.07, 6.45) is 0.0490. The van der Waals surface area contributed by atoms with Crippen LogP contribution in [0.5, 0.6) is 5.75 Å². The Kier molecular flexibility index (Phi) is 12.0. The van der Waals surface area contributed by atoms with E-state index in [0.717, 1.165) is 21.0 Å². The first kappa shape index (κ1) is 32.7. The Morgan fingerprint density at radius 2 is 1.39 bits per heavy atom. The summed E-state index contributed by atoms with van der Waals surface area (Å²) in [6.45, 7) is -0.661. The van der Waals surface area contributed by atoms with E-state index in [1.165, 1.54) is 43.1 Å². The van der Waals surface area contributed by atoms with E-state index in [-0.39, 0.29) is 11.3 Å². The first-order valence-corrected chi connectivity index (χ1v) is 16.5. The van der Waals surface area contributed by atoms with Crippen molar-refractivity contribution < 1.29 is 28.0 Å². The van der Waals surface area contributed by atoms with Crippen LogP contribution in [0, 0.1) is 0 Å². The van der Waals surface area contributed by atoms with Crippen molar-refractivity contribution in [1.29, 1.82) is 0 Å². The van der Waals surface area contributed by atoms with Crippen LogP contribution >= 0.6 is 11.8 Å². The highest BCUT2D eigenvalue weighted by molar-refractivity contribution is 7.98. The monoisotopic (exact) mass is 633 g/mol. The van der Waals surface area contributed by atoms with Gasteiger partial charge in [0.1, 0.15) is 11.8 Å². The Bertz CT molecular complexity index is 1550. The molecule has 1 atom stereocenters. The van der Waals surface area contributed by atoms with Crippen LogP contribution in [0.25, 0.3) is 0 Å². The van der Waals surface area contributed by atoms with Gasteiger partial charge in [-0.3, -0.25) is 14.8 Å². The third kappa shape index (κ3) is 8.70. The molecule has 0 saturated carbocycles. The molecular weight excluding hydrogens is 599 g/mol. The predicted octanol–water partition coefficient (Wildman–Crippen LogP) is 4.79. The highest BCUT2D eigenvalue weighted by atomic mass is 32.2. The molecule has 0 saturated heterocycles. The summed E-state index contributed by atoms with van der Waals surface area (Å²) in [5, 5.41) is 12.6. The van der Waals surface area contributed by atoms with Crippen LogP contribution in [0.1, 0.15) is 29.2 Å². The molecule has 0 aliphatic heterocycles. The van der Waals surface area contributed by atoms with Gasteiger partial charge in [0.05, 0.1) is 24.6 Å². The summed E-state index contributed by atoms with van der Waals surface area (Å²) in [7, 11) is -2.93. The van der Waals surface area contributed by atoms with Gasteiger partial charge < -0.3 is 10.1 Å². The Labute approximate surface area is 262 Å². The number of hydrogen-bond acceptors (Lipinski definition) is 7. The van der Waals surface area contributed by atoms with Gasteiger partial charge in [-0.15, -0.1) is 0 Å². The van der Waals surface area contributed by atoms with Crippen molar-refractivity contribution in [1.82, 2.24) is 15.1 Å². The Balaban J connectivity index is 1.63. The standard InChI is InChI=1S/C33H35N3O6S2/c1-42-28-17-19-29(20-18-28)44(40,41)36(30(33(38)35-39)21-22-43-24-25-11-5-2-6-12-25)23-31(37)34-32(26-13-7-3-8-14-26)27-15-9-4-10-16-27/h2-20,30,32,39H,21-24H2,1H3,(H,34,37)(H,35,38)/t30-/m0/s1. The molecule has 11 heteroatoms. The Hall–Kier alpha value is -4.16. The van der Waals surface area contributed by atoms with E-state index < -0.39 is 40.5 Å². The lowest BCUT2D eigenvalue weighted by Crippen LogP contribution is -2.52. The molecular formula is C33H35N3O6S2. The van der Waals surface area contributed by atoms with E-state index in [1.807, 2.05) is 91.0 Å². The lowest BCUT2D eigenvalue weighted by molar-refractivity contribution is -0.134. The molecule has 3 N–H and O–H groups in total. The van der Waals surface area contributed by atoms with Crippen molar-refractivity contribution in [2.45, 2.75) is 29.2 Å². The molecule has 0 spiro atoms. The average Bonchev–Trinajstić information content (AvgIpc) is 3.07. The SMILES string of the molecule is COc1ccc(S(=O)(=O)N(CC(=O)NC(c2ccccc2)c2ccccc2)[C@@H](CCSCc2ccccc2)C(=O)NO)cc1. The van der Waals surface area contributed by atoms with Crippen LogP contribution in [-0.4, -0.2) is 55.2 Å². The van der Waals surface area contributed by atoms with Gasteiger partial charge in [0.25, 0.3) is 5.91 Å². The minimum absolute atomic E-state index is 0.0490. The summed E-state index contributed by atoms with van der Waals surface area (Å²) < 4.78 is 34.1. The van der Waals surface area contributed by atoms with E-state index >= 15 is 0 Å². The lowest BCUT2D eigenvalue weighted by Gasteiger charge is -2.30. The van der Waals surface area contributed by atoms with Gasteiger partial charge >= 0.3 is 0 Å².